The van der Waals surface area contributed by atoms with Crippen molar-refractivity contribution in [1.29, 1.82) is 0 Å². The van der Waals surface area contributed by atoms with Crippen molar-refractivity contribution in [3.8, 4) is 16.9 Å². The second-order valence-corrected chi connectivity index (χ2v) is 6.91. The van der Waals surface area contributed by atoms with Crippen LogP contribution in [0.2, 0.25) is 5.02 Å². The first-order valence-electron chi connectivity index (χ1n) is 9.04. The van der Waals surface area contributed by atoms with Gasteiger partial charge < -0.3 is 10.1 Å². The molecule has 0 aliphatic heterocycles. The molecule has 0 bridgehead atoms. The van der Waals surface area contributed by atoms with Crippen LogP contribution in [0.15, 0.2) is 48.5 Å². The van der Waals surface area contributed by atoms with Crippen molar-refractivity contribution in [2.75, 3.05) is 13.2 Å². The van der Waals surface area contributed by atoms with Crippen molar-refractivity contribution in [2.45, 2.75) is 44.6 Å². The van der Waals surface area contributed by atoms with E-state index in [2.05, 4.69) is 17.4 Å². The molecule has 1 fully saturated rings. The third-order valence-corrected chi connectivity index (χ3v) is 4.98. The van der Waals surface area contributed by atoms with E-state index in [1.165, 1.54) is 32.1 Å². The molecule has 0 heterocycles. The first-order valence-corrected chi connectivity index (χ1v) is 9.42. The fraction of sp³-hybridized carbons (Fsp3) is 0.429. The fourth-order valence-corrected chi connectivity index (χ4v) is 3.53. The first kappa shape index (κ1) is 20.1. The SMILES string of the molecule is Cl.Clc1ccc(OCCCNC2CCCCC2)cc1-c1ccccc1. The zero-order valence-corrected chi connectivity index (χ0v) is 16.1. The Balaban J connectivity index is 0.00000225. The Morgan fingerprint density at radius 1 is 1.00 bits per heavy atom. The Morgan fingerprint density at radius 3 is 2.52 bits per heavy atom. The molecular weight excluding hydrogens is 353 g/mol. The third-order valence-electron chi connectivity index (χ3n) is 4.65. The van der Waals surface area contributed by atoms with Gasteiger partial charge in [0, 0.05) is 16.6 Å². The Morgan fingerprint density at radius 2 is 1.76 bits per heavy atom. The van der Waals surface area contributed by atoms with Gasteiger partial charge in [0.1, 0.15) is 5.75 Å². The van der Waals surface area contributed by atoms with Crippen LogP contribution < -0.4 is 10.1 Å². The predicted molar refractivity (Wildman–Crippen MR) is 109 cm³/mol. The van der Waals surface area contributed by atoms with Gasteiger partial charge in [-0.15, -0.1) is 12.4 Å². The van der Waals surface area contributed by atoms with Crippen LogP contribution in [-0.4, -0.2) is 19.2 Å². The van der Waals surface area contributed by atoms with Gasteiger partial charge in [0.2, 0.25) is 0 Å². The van der Waals surface area contributed by atoms with Crippen LogP contribution in [0.4, 0.5) is 0 Å². The molecule has 1 aliphatic carbocycles. The maximum Gasteiger partial charge on any atom is 0.120 e. The molecule has 25 heavy (non-hydrogen) atoms. The lowest BCUT2D eigenvalue weighted by atomic mass is 9.95. The van der Waals surface area contributed by atoms with Crippen LogP contribution in [0.5, 0.6) is 5.75 Å². The molecule has 136 valence electrons. The molecule has 2 aromatic rings. The highest BCUT2D eigenvalue weighted by atomic mass is 35.5. The minimum absolute atomic E-state index is 0. The summed E-state index contributed by atoms with van der Waals surface area (Å²) in [5, 5.41) is 4.41. The van der Waals surface area contributed by atoms with Gasteiger partial charge in [0.15, 0.2) is 0 Å². The van der Waals surface area contributed by atoms with Crippen molar-refractivity contribution in [1.82, 2.24) is 5.32 Å². The number of benzene rings is 2. The van der Waals surface area contributed by atoms with Crippen LogP contribution in [0.3, 0.4) is 0 Å². The fourth-order valence-electron chi connectivity index (χ4n) is 3.31. The summed E-state index contributed by atoms with van der Waals surface area (Å²) in [4.78, 5) is 0. The van der Waals surface area contributed by atoms with Crippen molar-refractivity contribution in [2.24, 2.45) is 0 Å². The highest BCUT2D eigenvalue weighted by Gasteiger charge is 2.11. The summed E-state index contributed by atoms with van der Waals surface area (Å²) in [6.45, 7) is 1.76. The van der Waals surface area contributed by atoms with E-state index in [0.717, 1.165) is 47.5 Å². The summed E-state index contributed by atoms with van der Waals surface area (Å²) in [6.07, 6.45) is 7.85. The Kier molecular flexibility index (Phi) is 8.60. The maximum atomic E-state index is 6.33. The van der Waals surface area contributed by atoms with Gasteiger partial charge in [-0.3, -0.25) is 0 Å². The van der Waals surface area contributed by atoms with Gasteiger partial charge in [-0.2, -0.15) is 0 Å². The largest absolute Gasteiger partial charge is 0.494 e. The third kappa shape index (κ3) is 6.22. The lowest BCUT2D eigenvalue weighted by Crippen LogP contribution is -2.32. The van der Waals surface area contributed by atoms with Gasteiger partial charge in [-0.25, -0.2) is 0 Å². The summed E-state index contributed by atoms with van der Waals surface area (Å²) in [7, 11) is 0. The molecule has 2 nitrogen and oxygen atoms in total. The summed E-state index contributed by atoms with van der Waals surface area (Å²) >= 11 is 6.33. The Labute approximate surface area is 162 Å². The van der Waals surface area contributed by atoms with E-state index in [1.807, 2.05) is 36.4 Å². The van der Waals surface area contributed by atoms with E-state index >= 15 is 0 Å². The van der Waals surface area contributed by atoms with Crippen LogP contribution >= 0.6 is 24.0 Å². The summed E-state index contributed by atoms with van der Waals surface area (Å²) in [5.41, 5.74) is 2.14. The van der Waals surface area contributed by atoms with E-state index in [4.69, 9.17) is 16.3 Å². The number of ether oxygens (including phenoxy) is 1. The number of hydrogen-bond acceptors (Lipinski definition) is 2. The molecule has 3 rings (SSSR count). The molecule has 0 atom stereocenters. The van der Waals surface area contributed by atoms with Crippen LogP contribution in [0, 0.1) is 0 Å². The van der Waals surface area contributed by atoms with E-state index in [0.29, 0.717) is 0 Å². The van der Waals surface area contributed by atoms with E-state index in [-0.39, 0.29) is 12.4 Å². The van der Waals surface area contributed by atoms with E-state index < -0.39 is 0 Å². The van der Waals surface area contributed by atoms with Crippen LogP contribution in [-0.2, 0) is 0 Å². The standard InChI is InChI=1S/C21H26ClNO.ClH/c22-21-13-12-19(16-20(21)17-8-3-1-4-9-17)24-15-7-14-23-18-10-5-2-6-11-18;/h1,3-4,8-9,12-13,16,18,23H,2,5-7,10-11,14-15H2;1H. The van der Waals surface area contributed by atoms with Gasteiger partial charge in [-0.05, 0) is 49.6 Å². The molecule has 0 saturated heterocycles. The average molecular weight is 380 g/mol. The van der Waals surface area contributed by atoms with E-state index in [1.54, 1.807) is 0 Å². The average Bonchev–Trinajstić information content (AvgIpc) is 2.64. The molecule has 0 unspecified atom stereocenters. The number of halogens is 2. The summed E-state index contributed by atoms with van der Waals surface area (Å²) in [6, 6.07) is 16.8. The highest BCUT2D eigenvalue weighted by Crippen LogP contribution is 2.31. The molecule has 1 aliphatic rings. The topological polar surface area (TPSA) is 21.3 Å². The molecule has 4 heteroatoms. The second kappa shape index (κ2) is 10.7. The maximum absolute atomic E-state index is 6.33. The molecular formula is C21H27Cl2NO. The smallest absolute Gasteiger partial charge is 0.120 e. The van der Waals surface area contributed by atoms with Gasteiger partial charge >= 0.3 is 0 Å². The Hall–Kier alpha value is -1.22. The first-order chi connectivity index (χ1) is 11.8. The molecule has 0 radical (unpaired) electrons. The second-order valence-electron chi connectivity index (χ2n) is 6.50. The Bertz CT molecular complexity index is 627. The van der Waals surface area contributed by atoms with Gasteiger partial charge in [0.05, 0.1) is 6.61 Å². The van der Waals surface area contributed by atoms with Crippen molar-refractivity contribution < 1.29 is 4.74 Å². The molecule has 2 aromatic carbocycles. The summed E-state index contributed by atoms with van der Waals surface area (Å²) in [5.74, 6) is 0.885. The van der Waals surface area contributed by atoms with Crippen LogP contribution in [0.25, 0.3) is 11.1 Å². The van der Waals surface area contributed by atoms with Crippen LogP contribution in [0.1, 0.15) is 38.5 Å². The van der Waals surface area contributed by atoms with Crippen molar-refractivity contribution in [3.63, 3.8) is 0 Å². The minimum Gasteiger partial charge on any atom is -0.494 e. The normalized spacial score (nSPS) is 14.8. The number of rotatable bonds is 7. The molecule has 0 spiro atoms. The van der Waals surface area contributed by atoms with Crippen molar-refractivity contribution in [3.05, 3.63) is 53.6 Å². The minimum atomic E-state index is 0. The number of nitrogens with one attached hydrogen (secondary N) is 1. The molecule has 0 aromatic heterocycles. The predicted octanol–water partition coefficient (Wildman–Crippen LogP) is 6.12. The lowest BCUT2D eigenvalue weighted by Gasteiger charge is -2.22. The molecule has 1 N–H and O–H groups in total. The molecule has 1 saturated carbocycles. The molecule has 0 amide bonds. The zero-order chi connectivity index (χ0) is 16.6. The zero-order valence-electron chi connectivity index (χ0n) is 14.5. The highest BCUT2D eigenvalue weighted by molar-refractivity contribution is 6.33. The van der Waals surface area contributed by atoms with E-state index in [9.17, 15) is 0 Å². The summed E-state index contributed by atoms with van der Waals surface area (Å²) < 4.78 is 5.91. The lowest BCUT2D eigenvalue weighted by molar-refractivity contribution is 0.297. The monoisotopic (exact) mass is 379 g/mol. The van der Waals surface area contributed by atoms with Gasteiger partial charge in [-0.1, -0.05) is 61.2 Å². The number of hydrogen-bond donors (Lipinski definition) is 1. The van der Waals surface area contributed by atoms with Gasteiger partial charge in [0.25, 0.3) is 0 Å². The quantitative estimate of drug-likeness (QED) is 0.584. The van der Waals surface area contributed by atoms with Crippen molar-refractivity contribution >= 4 is 24.0 Å².